The number of benzene rings is 1. The minimum Gasteiger partial charge on any atom is -0.144 e. The summed E-state index contributed by atoms with van der Waals surface area (Å²) in [5, 5.41) is 3.61. The van der Waals surface area contributed by atoms with Gasteiger partial charge >= 0.3 is 0 Å². The Morgan fingerprint density at radius 3 is 3.00 bits per heavy atom. The molecule has 0 spiro atoms. The molecule has 1 heteroatoms. The largest absolute Gasteiger partial charge is 0.144 e. The Morgan fingerprint density at radius 2 is 2.14 bits per heavy atom. The molecule has 1 aliphatic carbocycles. The number of aryl methyl sites for hydroxylation is 1. The first kappa shape index (κ1) is 8.49. The minimum atomic E-state index is 0.394. The summed E-state index contributed by atoms with van der Waals surface area (Å²) in [5.74, 6) is 0. The summed E-state index contributed by atoms with van der Waals surface area (Å²) in [6, 6.07) is 7.02. The number of thiophene rings is 1. The molecule has 1 aromatic carbocycles. The zero-order chi connectivity index (χ0) is 9.76. The highest BCUT2D eigenvalue weighted by Crippen LogP contribution is 2.40. The Bertz CT molecular complexity index is 491. The van der Waals surface area contributed by atoms with Gasteiger partial charge in [-0.1, -0.05) is 13.8 Å². The third-order valence-electron chi connectivity index (χ3n) is 3.43. The summed E-state index contributed by atoms with van der Waals surface area (Å²) in [4.78, 5) is 0. The third kappa shape index (κ3) is 1.05. The van der Waals surface area contributed by atoms with Crippen LogP contribution in [0, 0.1) is 0 Å². The van der Waals surface area contributed by atoms with Crippen LogP contribution in [0.5, 0.6) is 0 Å². The predicted molar refractivity (Wildman–Crippen MR) is 63.2 cm³/mol. The molecule has 0 saturated heterocycles. The molecule has 1 aliphatic rings. The third-order valence-corrected chi connectivity index (χ3v) is 4.31. The smallest absolute Gasteiger partial charge is 0.0345 e. The molecule has 0 amide bonds. The standard InChI is InChI=1S/C13H14S/c1-13(2)5-3-9-8-12-10(4-6-14-12)7-11(9)13/h4,6-8H,3,5H2,1-2H3. The van der Waals surface area contributed by atoms with Gasteiger partial charge in [0.2, 0.25) is 0 Å². The molecule has 3 rings (SSSR count). The van der Waals surface area contributed by atoms with Gasteiger partial charge in [0.1, 0.15) is 0 Å². The molecule has 0 atom stereocenters. The van der Waals surface area contributed by atoms with Gasteiger partial charge in [-0.05, 0) is 58.3 Å². The van der Waals surface area contributed by atoms with Crippen molar-refractivity contribution in [2.45, 2.75) is 32.1 Å². The van der Waals surface area contributed by atoms with Crippen molar-refractivity contribution in [1.29, 1.82) is 0 Å². The maximum Gasteiger partial charge on any atom is 0.0345 e. The Balaban J connectivity index is 2.34. The van der Waals surface area contributed by atoms with Gasteiger partial charge in [0.15, 0.2) is 0 Å². The Kier molecular flexibility index (Phi) is 1.58. The van der Waals surface area contributed by atoms with Crippen molar-refractivity contribution in [3.05, 3.63) is 34.7 Å². The second-order valence-electron chi connectivity index (χ2n) is 4.85. The van der Waals surface area contributed by atoms with Crippen molar-refractivity contribution in [2.24, 2.45) is 0 Å². The highest BCUT2D eigenvalue weighted by atomic mass is 32.1. The van der Waals surface area contributed by atoms with Crippen LogP contribution in [-0.4, -0.2) is 0 Å². The van der Waals surface area contributed by atoms with Crippen LogP contribution in [0.15, 0.2) is 23.6 Å². The maximum atomic E-state index is 2.40. The molecular formula is C13H14S. The summed E-state index contributed by atoms with van der Waals surface area (Å²) in [5.41, 5.74) is 3.54. The Morgan fingerprint density at radius 1 is 1.29 bits per heavy atom. The monoisotopic (exact) mass is 202 g/mol. The first-order valence-corrected chi connectivity index (χ1v) is 6.05. The van der Waals surface area contributed by atoms with Crippen molar-refractivity contribution in [3.8, 4) is 0 Å². The number of fused-ring (bicyclic) bond motifs is 2. The number of hydrogen-bond acceptors (Lipinski definition) is 1. The molecule has 0 bridgehead atoms. The Labute approximate surface area is 88.6 Å². The topological polar surface area (TPSA) is 0 Å². The van der Waals surface area contributed by atoms with Crippen LogP contribution in [-0.2, 0) is 11.8 Å². The molecular weight excluding hydrogens is 188 g/mol. The van der Waals surface area contributed by atoms with Gasteiger partial charge in [-0.2, -0.15) is 0 Å². The normalized spacial score (nSPS) is 18.7. The van der Waals surface area contributed by atoms with E-state index in [1.54, 1.807) is 11.1 Å². The van der Waals surface area contributed by atoms with E-state index in [1.807, 2.05) is 11.3 Å². The fourth-order valence-corrected chi connectivity index (χ4v) is 3.30. The fourth-order valence-electron chi connectivity index (χ4n) is 2.47. The number of rotatable bonds is 0. The molecule has 0 N–H and O–H groups in total. The molecule has 0 unspecified atom stereocenters. The van der Waals surface area contributed by atoms with Crippen LogP contribution in [0.25, 0.3) is 10.1 Å². The van der Waals surface area contributed by atoms with Gasteiger partial charge in [0, 0.05) is 4.70 Å². The van der Waals surface area contributed by atoms with Crippen LogP contribution in [0.4, 0.5) is 0 Å². The summed E-state index contributed by atoms with van der Waals surface area (Å²) in [6.07, 6.45) is 2.57. The molecule has 14 heavy (non-hydrogen) atoms. The first-order chi connectivity index (χ1) is 6.67. The lowest BCUT2D eigenvalue weighted by Crippen LogP contribution is -2.11. The summed E-state index contributed by atoms with van der Waals surface area (Å²) in [7, 11) is 0. The van der Waals surface area contributed by atoms with E-state index in [4.69, 9.17) is 0 Å². The molecule has 0 saturated carbocycles. The van der Waals surface area contributed by atoms with E-state index >= 15 is 0 Å². The van der Waals surface area contributed by atoms with Gasteiger partial charge in [0.25, 0.3) is 0 Å². The van der Waals surface area contributed by atoms with E-state index < -0.39 is 0 Å². The highest BCUT2D eigenvalue weighted by Gasteiger charge is 2.29. The van der Waals surface area contributed by atoms with Crippen molar-refractivity contribution >= 4 is 21.4 Å². The Hall–Kier alpha value is -0.820. The SMILES string of the molecule is CC1(C)CCc2cc3sccc3cc21. The van der Waals surface area contributed by atoms with Crippen LogP contribution in [0.2, 0.25) is 0 Å². The van der Waals surface area contributed by atoms with Gasteiger partial charge in [-0.25, -0.2) is 0 Å². The second kappa shape index (κ2) is 2.60. The lowest BCUT2D eigenvalue weighted by molar-refractivity contribution is 0.522. The zero-order valence-corrected chi connectivity index (χ0v) is 9.45. The van der Waals surface area contributed by atoms with Crippen molar-refractivity contribution in [2.75, 3.05) is 0 Å². The second-order valence-corrected chi connectivity index (χ2v) is 5.80. The van der Waals surface area contributed by atoms with Crippen molar-refractivity contribution in [1.82, 2.24) is 0 Å². The van der Waals surface area contributed by atoms with Gasteiger partial charge in [-0.3, -0.25) is 0 Å². The molecule has 2 aromatic rings. The van der Waals surface area contributed by atoms with Crippen molar-refractivity contribution < 1.29 is 0 Å². The lowest BCUT2D eigenvalue weighted by atomic mass is 9.86. The van der Waals surface area contributed by atoms with E-state index in [0.717, 1.165) is 0 Å². The molecule has 1 heterocycles. The zero-order valence-electron chi connectivity index (χ0n) is 8.63. The first-order valence-electron chi connectivity index (χ1n) is 5.17. The van der Waals surface area contributed by atoms with Crippen molar-refractivity contribution in [3.63, 3.8) is 0 Å². The average Bonchev–Trinajstić information content (AvgIpc) is 2.69. The van der Waals surface area contributed by atoms with E-state index in [9.17, 15) is 0 Å². The summed E-state index contributed by atoms with van der Waals surface area (Å²) < 4.78 is 1.45. The summed E-state index contributed by atoms with van der Waals surface area (Å²) >= 11 is 1.85. The molecule has 0 radical (unpaired) electrons. The van der Waals surface area contributed by atoms with Gasteiger partial charge in [-0.15, -0.1) is 11.3 Å². The van der Waals surface area contributed by atoms with E-state index in [0.29, 0.717) is 5.41 Å². The van der Waals surface area contributed by atoms with Crippen LogP contribution < -0.4 is 0 Å². The predicted octanol–water partition coefficient (Wildman–Crippen LogP) is 4.13. The van der Waals surface area contributed by atoms with Gasteiger partial charge < -0.3 is 0 Å². The van der Waals surface area contributed by atoms with Gasteiger partial charge in [0.05, 0.1) is 0 Å². The van der Waals surface area contributed by atoms with Crippen LogP contribution in [0.1, 0.15) is 31.4 Å². The quantitative estimate of drug-likeness (QED) is 0.602. The van der Waals surface area contributed by atoms with E-state index in [1.165, 1.54) is 22.9 Å². The molecule has 0 nitrogen and oxygen atoms in total. The minimum absolute atomic E-state index is 0.394. The average molecular weight is 202 g/mol. The van der Waals surface area contributed by atoms with E-state index in [2.05, 4.69) is 37.4 Å². The molecule has 0 aliphatic heterocycles. The highest BCUT2D eigenvalue weighted by molar-refractivity contribution is 7.17. The number of hydrogen-bond donors (Lipinski definition) is 0. The summed E-state index contributed by atoms with van der Waals surface area (Å²) in [6.45, 7) is 4.72. The lowest BCUT2D eigenvalue weighted by Gasteiger charge is -2.18. The molecule has 0 fully saturated rings. The van der Waals surface area contributed by atoms with E-state index in [-0.39, 0.29) is 0 Å². The van der Waals surface area contributed by atoms with Crippen LogP contribution >= 0.6 is 11.3 Å². The fraction of sp³-hybridized carbons (Fsp3) is 0.385. The molecule has 72 valence electrons. The molecule has 1 aromatic heterocycles. The maximum absolute atomic E-state index is 2.40. The van der Waals surface area contributed by atoms with Crippen LogP contribution in [0.3, 0.4) is 0 Å².